The molecule has 1 amide bonds. The Kier molecular flexibility index (Phi) is 4.96. The molecule has 0 saturated heterocycles. The number of para-hydroxylation sites is 1. The van der Waals surface area contributed by atoms with Crippen LogP contribution in [0.25, 0.3) is 17.0 Å². The van der Waals surface area contributed by atoms with Gasteiger partial charge in [-0.15, -0.1) is 0 Å². The van der Waals surface area contributed by atoms with Gasteiger partial charge in [-0.1, -0.05) is 24.3 Å². The molecule has 2 aromatic carbocycles. The first-order valence-electron chi connectivity index (χ1n) is 9.45. The normalized spacial score (nSPS) is 13.0. The molecule has 0 fully saturated rings. The number of nitrogens with zero attached hydrogens (tertiary/aromatic N) is 2. The van der Waals surface area contributed by atoms with Gasteiger partial charge < -0.3 is 19.4 Å². The zero-order valence-corrected chi connectivity index (χ0v) is 16.3. The maximum Gasteiger partial charge on any atom is 0.262 e. The molecule has 1 aliphatic heterocycles. The number of ether oxygens (including phenoxy) is 2. The highest BCUT2D eigenvalue weighted by molar-refractivity contribution is 6.04. The van der Waals surface area contributed by atoms with Crippen LogP contribution >= 0.6 is 0 Å². The van der Waals surface area contributed by atoms with Crippen LogP contribution in [-0.2, 0) is 11.3 Å². The number of carbonyl (C=O) groups is 1. The van der Waals surface area contributed by atoms with Crippen molar-refractivity contribution in [3.05, 3.63) is 65.4 Å². The van der Waals surface area contributed by atoms with Crippen molar-refractivity contribution in [2.45, 2.75) is 26.4 Å². The predicted molar refractivity (Wildman–Crippen MR) is 110 cm³/mol. The number of hydrogen-bond donors (Lipinski definition) is 1. The van der Waals surface area contributed by atoms with E-state index in [1.165, 1.54) is 0 Å². The van der Waals surface area contributed by atoms with E-state index in [1.54, 1.807) is 6.08 Å². The van der Waals surface area contributed by atoms with Crippen molar-refractivity contribution in [2.75, 3.05) is 6.79 Å². The monoisotopic (exact) mass is 387 g/mol. The van der Waals surface area contributed by atoms with Gasteiger partial charge in [-0.3, -0.25) is 4.79 Å². The highest BCUT2D eigenvalue weighted by Gasteiger charge is 2.15. The predicted octanol–water partition coefficient (Wildman–Crippen LogP) is 4.17. The number of nitrogens with one attached hydrogen (secondary N) is 1. The van der Waals surface area contributed by atoms with Crippen LogP contribution in [0.3, 0.4) is 0 Å². The fourth-order valence-corrected chi connectivity index (χ4v) is 3.41. The van der Waals surface area contributed by atoms with Crippen LogP contribution in [0.2, 0.25) is 0 Å². The molecule has 3 aromatic rings. The Morgan fingerprint density at radius 3 is 2.83 bits per heavy atom. The van der Waals surface area contributed by atoms with Crippen LogP contribution in [0.1, 0.15) is 31.0 Å². The van der Waals surface area contributed by atoms with E-state index in [2.05, 4.69) is 23.7 Å². The Labute approximate surface area is 169 Å². The molecular weight excluding hydrogens is 366 g/mol. The number of carbonyl (C=O) groups excluding carboxylic acids is 1. The summed E-state index contributed by atoms with van der Waals surface area (Å²) in [6.07, 6.45) is 3.63. The van der Waals surface area contributed by atoms with Gasteiger partial charge in [0.05, 0.1) is 0 Å². The van der Waals surface area contributed by atoms with Crippen LogP contribution < -0.4 is 14.8 Å². The SMILES string of the molecule is CC(C)n1cc(C=C(C#N)C(=O)NCc2ccc3c(c2)OCO3)c2ccccc21. The molecule has 6 nitrogen and oxygen atoms in total. The lowest BCUT2D eigenvalue weighted by Gasteiger charge is -2.08. The minimum Gasteiger partial charge on any atom is -0.454 e. The maximum absolute atomic E-state index is 12.6. The molecule has 1 aliphatic rings. The molecule has 6 heteroatoms. The van der Waals surface area contributed by atoms with E-state index in [-0.39, 0.29) is 18.4 Å². The number of benzene rings is 2. The van der Waals surface area contributed by atoms with E-state index < -0.39 is 5.91 Å². The Morgan fingerprint density at radius 2 is 2.03 bits per heavy atom. The summed E-state index contributed by atoms with van der Waals surface area (Å²) in [5.74, 6) is 0.945. The summed E-state index contributed by atoms with van der Waals surface area (Å²) in [6.45, 7) is 4.70. The first-order valence-corrected chi connectivity index (χ1v) is 9.45. The van der Waals surface area contributed by atoms with Crippen molar-refractivity contribution < 1.29 is 14.3 Å². The molecular formula is C23H21N3O3. The summed E-state index contributed by atoms with van der Waals surface area (Å²) < 4.78 is 12.8. The zero-order valence-electron chi connectivity index (χ0n) is 16.3. The van der Waals surface area contributed by atoms with E-state index in [4.69, 9.17) is 9.47 Å². The van der Waals surface area contributed by atoms with Gasteiger partial charge in [0.25, 0.3) is 5.91 Å². The Hall–Kier alpha value is -3.72. The molecule has 29 heavy (non-hydrogen) atoms. The fraction of sp³-hybridized carbons (Fsp3) is 0.217. The van der Waals surface area contributed by atoms with Gasteiger partial charge in [-0.05, 0) is 43.7 Å². The van der Waals surface area contributed by atoms with Crippen LogP contribution in [0, 0.1) is 11.3 Å². The molecule has 0 bridgehead atoms. The van der Waals surface area contributed by atoms with Gasteiger partial charge in [0, 0.05) is 35.2 Å². The molecule has 0 atom stereocenters. The Morgan fingerprint density at radius 1 is 1.24 bits per heavy atom. The van der Waals surface area contributed by atoms with Gasteiger partial charge in [0.15, 0.2) is 11.5 Å². The highest BCUT2D eigenvalue weighted by atomic mass is 16.7. The third-order valence-corrected chi connectivity index (χ3v) is 4.88. The van der Waals surface area contributed by atoms with E-state index in [0.29, 0.717) is 18.0 Å². The van der Waals surface area contributed by atoms with Gasteiger partial charge >= 0.3 is 0 Å². The highest BCUT2D eigenvalue weighted by Crippen LogP contribution is 2.32. The smallest absolute Gasteiger partial charge is 0.262 e. The fourth-order valence-electron chi connectivity index (χ4n) is 3.41. The first kappa shape index (κ1) is 18.6. The summed E-state index contributed by atoms with van der Waals surface area (Å²) in [7, 11) is 0. The number of aromatic nitrogens is 1. The minimum atomic E-state index is -0.411. The van der Waals surface area contributed by atoms with Crippen LogP contribution in [0.5, 0.6) is 11.5 Å². The molecule has 1 aromatic heterocycles. The van der Waals surface area contributed by atoms with Gasteiger partial charge in [-0.25, -0.2) is 0 Å². The van der Waals surface area contributed by atoms with E-state index in [0.717, 1.165) is 22.0 Å². The molecule has 0 radical (unpaired) electrons. The topological polar surface area (TPSA) is 76.3 Å². The van der Waals surface area contributed by atoms with Crippen molar-refractivity contribution in [3.8, 4) is 17.6 Å². The number of amides is 1. The average Bonchev–Trinajstić information content (AvgIpc) is 3.34. The van der Waals surface area contributed by atoms with E-state index in [9.17, 15) is 10.1 Å². The van der Waals surface area contributed by atoms with Crippen molar-refractivity contribution in [2.24, 2.45) is 0 Å². The third kappa shape index (κ3) is 3.67. The molecule has 0 saturated carbocycles. The minimum absolute atomic E-state index is 0.0670. The van der Waals surface area contributed by atoms with Gasteiger partial charge in [0.1, 0.15) is 11.6 Å². The Balaban J connectivity index is 1.56. The molecule has 0 unspecified atom stereocenters. The summed E-state index contributed by atoms with van der Waals surface area (Å²) in [6, 6.07) is 15.8. The Bertz CT molecular complexity index is 1150. The van der Waals surface area contributed by atoms with Crippen molar-refractivity contribution >= 4 is 22.9 Å². The summed E-state index contributed by atoms with van der Waals surface area (Å²) in [5.41, 5.74) is 2.87. The third-order valence-electron chi connectivity index (χ3n) is 4.88. The standard InChI is InChI=1S/C23H21N3O3/c1-15(2)26-13-18(19-5-3-4-6-20(19)26)10-17(11-24)23(27)25-12-16-7-8-21-22(9-16)29-14-28-21/h3-10,13,15H,12,14H2,1-2H3,(H,25,27). The summed E-state index contributed by atoms with van der Waals surface area (Å²) in [5, 5.41) is 13.4. The summed E-state index contributed by atoms with van der Waals surface area (Å²) in [4.78, 5) is 12.6. The lowest BCUT2D eigenvalue weighted by molar-refractivity contribution is -0.117. The number of nitriles is 1. The van der Waals surface area contributed by atoms with Crippen LogP contribution in [0.15, 0.2) is 54.2 Å². The average molecular weight is 387 g/mol. The lowest BCUT2D eigenvalue weighted by Crippen LogP contribution is -2.23. The first-order chi connectivity index (χ1) is 14.1. The second-order valence-corrected chi connectivity index (χ2v) is 7.14. The van der Waals surface area contributed by atoms with Crippen LogP contribution in [0.4, 0.5) is 0 Å². The molecule has 146 valence electrons. The van der Waals surface area contributed by atoms with Crippen molar-refractivity contribution in [1.29, 1.82) is 5.26 Å². The second-order valence-electron chi connectivity index (χ2n) is 7.14. The number of fused-ring (bicyclic) bond motifs is 2. The summed E-state index contributed by atoms with van der Waals surface area (Å²) >= 11 is 0. The largest absolute Gasteiger partial charge is 0.454 e. The number of rotatable bonds is 5. The van der Waals surface area contributed by atoms with Gasteiger partial charge in [0.2, 0.25) is 6.79 Å². The molecule has 1 N–H and O–H groups in total. The quantitative estimate of drug-likeness (QED) is 0.526. The molecule has 0 spiro atoms. The lowest BCUT2D eigenvalue weighted by atomic mass is 10.1. The maximum atomic E-state index is 12.6. The van der Waals surface area contributed by atoms with Gasteiger partial charge in [-0.2, -0.15) is 5.26 Å². The molecule has 2 heterocycles. The number of hydrogen-bond acceptors (Lipinski definition) is 4. The zero-order chi connectivity index (χ0) is 20.4. The molecule has 4 rings (SSSR count). The van der Waals surface area contributed by atoms with Crippen molar-refractivity contribution in [1.82, 2.24) is 9.88 Å². The molecule has 0 aliphatic carbocycles. The van der Waals surface area contributed by atoms with E-state index >= 15 is 0 Å². The second kappa shape index (κ2) is 7.72. The van der Waals surface area contributed by atoms with Crippen LogP contribution in [-0.4, -0.2) is 17.3 Å². The van der Waals surface area contributed by atoms with Crippen molar-refractivity contribution in [3.63, 3.8) is 0 Å². The van der Waals surface area contributed by atoms with E-state index in [1.807, 2.05) is 54.7 Å².